The average Bonchev–Trinajstić information content (AvgIpc) is 2.39. The smallest absolute Gasteiger partial charge is 0.158 e. The molecule has 0 unspecified atom stereocenters. The lowest BCUT2D eigenvalue weighted by Gasteiger charge is -2.34. The van der Waals surface area contributed by atoms with E-state index in [1.54, 1.807) is 0 Å². The molecule has 0 bridgehead atoms. The van der Waals surface area contributed by atoms with Crippen molar-refractivity contribution in [2.75, 3.05) is 6.61 Å². The van der Waals surface area contributed by atoms with Gasteiger partial charge in [-0.25, -0.2) is 0 Å². The van der Waals surface area contributed by atoms with Crippen LogP contribution in [-0.2, 0) is 9.53 Å². The number of hydrogen-bond donors (Lipinski definition) is 3. The van der Waals surface area contributed by atoms with E-state index in [2.05, 4.69) is 6.92 Å². The van der Waals surface area contributed by atoms with Crippen LogP contribution in [0.3, 0.4) is 0 Å². The Morgan fingerprint density at radius 2 is 2.00 bits per heavy atom. The first kappa shape index (κ1) is 16.3. The average molecular weight is 272 g/mol. The number of aliphatic hydroxyl groups is 3. The molecule has 19 heavy (non-hydrogen) atoms. The summed E-state index contributed by atoms with van der Waals surface area (Å²) in [7, 11) is 0. The highest BCUT2D eigenvalue weighted by Gasteiger charge is 2.37. The Bertz CT molecular complexity index is 302. The maximum absolute atomic E-state index is 11.7. The molecule has 0 spiro atoms. The number of carbonyl (C=O) groups excluding carboxylic acids is 1. The monoisotopic (exact) mass is 272 g/mol. The molecule has 4 atom stereocenters. The molecule has 0 saturated carbocycles. The highest BCUT2D eigenvalue weighted by molar-refractivity contribution is 5.90. The van der Waals surface area contributed by atoms with E-state index in [0.717, 1.165) is 25.7 Å². The van der Waals surface area contributed by atoms with Crippen LogP contribution in [0.1, 0.15) is 39.0 Å². The molecule has 0 aromatic heterocycles. The molecule has 1 aliphatic heterocycles. The molecule has 1 rings (SSSR count). The fourth-order valence-corrected chi connectivity index (χ4v) is 2.04. The molecule has 0 aromatic rings. The minimum atomic E-state index is -1.25. The summed E-state index contributed by atoms with van der Waals surface area (Å²) in [6, 6.07) is 0. The lowest BCUT2D eigenvalue weighted by Crippen LogP contribution is -2.53. The zero-order chi connectivity index (χ0) is 14.3. The SMILES string of the molecule is CCCCC/C=C/C(=O)C[C@@H]1OC[C@@H](O)[C@H](O)[C@H]1O. The van der Waals surface area contributed by atoms with Gasteiger partial charge in [0.15, 0.2) is 5.78 Å². The predicted octanol–water partition coefficient (Wildman–Crippen LogP) is 0.564. The summed E-state index contributed by atoms with van der Waals surface area (Å²) in [6.45, 7) is 2.06. The van der Waals surface area contributed by atoms with E-state index in [9.17, 15) is 20.1 Å². The van der Waals surface area contributed by atoms with Crippen molar-refractivity contribution in [1.29, 1.82) is 0 Å². The van der Waals surface area contributed by atoms with Crippen molar-refractivity contribution in [2.24, 2.45) is 0 Å². The molecule has 0 amide bonds. The van der Waals surface area contributed by atoms with Crippen LogP contribution >= 0.6 is 0 Å². The molecule has 1 saturated heterocycles. The van der Waals surface area contributed by atoms with Crippen LogP contribution in [0.4, 0.5) is 0 Å². The summed E-state index contributed by atoms with van der Waals surface area (Å²) in [4.78, 5) is 11.7. The van der Waals surface area contributed by atoms with Crippen LogP contribution < -0.4 is 0 Å². The minimum Gasteiger partial charge on any atom is -0.388 e. The van der Waals surface area contributed by atoms with Gasteiger partial charge in [-0.2, -0.15) is 0 Å². The largest absolute Gasteiger partial charge is 0.388 e. The number of allylic oxidation sites excluding steroid dienone is 2. The molecule has 0 aliphatic carbocycles. The van der Waals surface area contributed by atoms with Crippen LogP contribution in [0.2, 0.25) is 0 Å². The van der Waals surface area contributed by atoms with Crippen LogP contribution in [0.5, 0.6) is 0 Å². The van der Waals surface area contributed by atoms with Gasteiger partial charge in [0, 0.05) is 6.42 Å². The van der Waals surface area contributed by atoms with Crippen molar-refractivity contribution in [1.82, 2.24) is 0 Å². The second-order valence-electron chi connectivity index (χ2n) is 4.99. The number of aliphatic hydroxyl groups excluding tert-OH is 3. The number of unbranched alkanes of at least 4 members (excludes halogenated alkanes) is 3. The van der Waals surface area contributed by atoms with Gasteiger partial charge in [-0.15, -0.1) is 0 Å². The summed E-state index contributed by atoms with van der Waals surface area (Å²) in [5.41, 5.74) is 0. The van der Waals surface area contributed by atoms with Gasteiger partial charge in [0.2, 0.25) is 0 Å². The highest BCUT2D eigenvalue weighted by Crippen LogP contribution is 2.18. The van der Waals surface area contributed by atoms with E-state index in [4.69, 9.17) is 4.74 Å². The lowest BCUT2D eigenvalue weighted by molar-refractivity contribution is -0.188. The summed E-state index contributed by atoms with van der Waals surface area (Å²) in [6.07, 6.45) is 3.27. The minimum absolute atomic E-state index is 0.0230. The number of ketones is 1. The zero-order valence-corrected chi connectivity index (χ0v) is 11.4. The molecule has 0 radical (unpaired) electrons. The first-order valence-electron chi connectivity index (χ1n) is 6.91. The molecule has 1 fully saturated rings. The third-order valence-electron chi connectivity index (χ3n) is 3.29. The van der Waals surface area contributed by atoms with Crippen molar-refractivity contribution in [2.45, 2.75) is 63.4 Å². The molecule has 1 aliphatic rings. The summed E-state index contributed by atoms with van der Waals surface area (Å²) < 4.78 is 5.17. The summed E-state index contributed by atoms with van der Waals surface area (Å²) in [5.74, 6) is -0.135. The van der Waals surface area contributed by atoms with Gasteiger partial charge in [0.25, 0.3) is 0 Å². The van der Waals surface area contributed by atoms with Crippen molar-refractivity contribution in [3.63, 3.8) is 0 Å². The van der Waals surface area contributed by atoms with Crippen LogP contribution in [0.15, 0.2) is 12.2 Å². The van der Waals surface area contributed by atoms with Crippen molar-refractivity contribution in [3.8, 4) is 0 Å². The van der Waals surface area contributed by atoms with Crippen LogP contribution in [0, 0.1) is 0 Å². The second-order valence-corrected chi connectivity index (χ2v) is 4.99. The topological polar surface area (TPSA) is 87.0 Å². The normalized spacial score (nSPS) is 31.8. The van der Waals surface area contributed by atoms with Gasteiger partial charge < -0.3 is 20.1 Å². The first-order chi connectivity index (χ1) is 9.06. The van der Waals surface area contributed by atoms with E-state index in [1.165, 1.54) is 6.08 Å². The number of rotatable bonds is 7. The molecular formula is C14H24O5. The Hall–Kier alpha value is -0.750. The van der Waals surface area contributed by atoms with E-state index in [-0.39, 0.29) is 18.8 Å². The lowest BCUT2D eigenvalue weighted by atomic mass is 9.96. The molecule has 0 aromatic carbocycles. The van der Waals surface area contributed by atoms with E-state index >= 15 is 0 Å². The molecule has 1 heterocycles. The Labute approximate surface area is 113 Å². The highest BCUT2D eigenvalue weighted by atomic mass is 16.5. The van der Waals surface area contributed by atoms with Crippen molar-refractivity contribution >= 4 is 5.78 Å². The van der Waals surface area contributed by atoms with Gasteiger partial charge in [0.05, 0.1) is 12.7 Å². The Morgan fingerprint density at radius 1 is 1.26 bits per heavy atom. The Balaban J connectivity index is 2.32. The van der Waals surface area contributed by atoms with Gasteiger partial charge in [-0.05, 0) is 18.9 Å². The van der Waals surface area contributed by atoms with Gasteiger partial charge >= 0.3 is 0 Å². The Morgan fingerprint density at radius 3 is 2.68 bits per heavy atom. The molecule has 110 valence electrons. The standard InChI is InChI=1S/C14H24O5/c1-2-3-4-5-6-7-10(15)8-12-14(18)13(17)11(16)9-19-12/h6-7,11-14,16-18H,2-5,8-9H2,1H3/b7-6+/t11-,12+,13+,14+/m1/s1. The van der Waals surface area contributed by atoms with E-state index in [1.807, 2.05) is 6.08 Å². The zero-order valence-electron chi connectivity index (χ0n) is 11.4. The number of ether oxygens (including phenoxy) is 1. The fraction of sp³-hybridized carbons (Fsp3) is 0.786. The molecule has 3 N–H and O–H groups in total. The predicted molar refractivity (Wildman–Crippen MR) is 70.7 cm³/mol. The molecule has 5 nitrogen and oxygen atoms in total. The molecule has 5 heteroatoms. The third-order valence-corrected chi connectivity index (χ3v) is 3.29. The molecular weight excluding hydrogens is 248 g/mol. The van der Waals surface area contributed by atoms with E-state index < -0.39 is 24.4 Å². The van der Waals surface area contributed by atoms with E-state index in [0.29, 0.717) is 0 Å². The van der Waals surface area contributed by atoms with Crippen molar-refractivity contribution in [3.05, 3.63) is 12.2 Å². The maximum atomic E-state index is 11.7. The quantitative estimate of drug-likeness (QED) is 0.466. The van der Waals surface area contributed by atoms with Gasteiger partial charge in [-0.1, -0.05) is 25.8 Å². The first-order valence-corrected chi connectivity index (χ1v) is 6.91. The van der Waals surface area contributed by atoms with Crippen LogP contribution in [-0.4, -0.2) is 52.1 Å². The number of hydrogen-bond acceptors (Lipinski definition) is 5. The van der Waals surface area contributed by atoms with Crippen molar-refractivity contribution < 1.29 is 24.9 Å². The Kier molecular flexibility index (Phi) is 7.23. The van der Waals surface area contributed by atoms with Crippen LogP contribution in [0.25, 0.3) is 0 Å². The van der Waals surface area contributed by atoms with Gasteiger partial charge in [-0.3, -0.25) is 4.79 Å². The van der Waals surface area contributed by atoms with Gasteiger partial charge in [0.1, 0.15) is 18.3 Å². The maximum Gasteiger partial charge on any atom is 0.158 e. The second kappa shape index (κ2) is 8.43. The fourth-order valence-electron chi connectivity index (χ4n) is 2.04. The third kappa shape index (κ3) is 5.40. The number of carbonyl (C=O) groups is 1. The summed E-state index contributed by atoms with van der Waals surface area (Å²) in [5, 5.41) is 28.5. The summed E-state index contributed by atoms with van der Waals surface area (Å²) >= 11 is 0.